The van der Waals surface area contributed by atoms with E-state index < -0.39 is 0 Å². The Morgan fingerprint density at radius 2 is 1.87 bits per heavy atom. The molecule has 1 amide bonds. The molecule has 0 unspecified atom stereocenters. The molecule has 1 aliphatic heterocycles. The highest BCUT2D eigenvalue weighted by Crippen LogP contribution is 2.33. The number of hydrogen-bond donors (Lipinski definition) is 0. The van der Waals surface area contributed by atoms with Gasteiger partial charge in [-0.25, -0.2) is 0 Å². The molecule has 0 N–H and O–H groups in total. The van der Waals surface area contributed by atoms with Gasteiger partial charge in [-0.15, -0.1) is 10.2 Å². The molecule has 30 heavy (non-hydrogen) atoms. The van der Waals surface area contributed by atoms with Crippen molar-refractivity contribution in [2.75, 3.05) is 7.05 Å². The number of benzene rings is 2. The number of thioether (sulfide) groups is 1. The Morgan fingerprint density at radius 3 is 2.53 bits per heavy atom. The highest BCUT2D eigenvalue weighted by atomic mass is 35.5. The smallest absolute Gasteiger partial charge is 0.266 e. The summed E-state index contributed by atoms with van der Waals surface area (Å²) in [5.41, 5.74) is 1.95. The van der Waals surface area contributed by atoms with Gasteiger partial charge in [0, 0.05) is 12.1 Å². The van der Waals surface area contributed by atoms with Crippen molar-refractivity contribution < 1.29 is 9.53 Å². The molecule has 1 fully saturated rings. The Labute approximate surface area is 187 Å². The van der Waals surface area contributed by atoms with Crippen LogP contribution in [-0.4, -0.2) is 33.2 Å². The van der Waals surface area contributed by atoms with Crippen molar-refractivity contribution in [1.29, 1.82) is 0 Å². The molecule has 0 atom stereocenters. The number of rotatable bonds is 5. The van der Waals surface area contributed by atoms with Crippen molar-refractivity contribution in [2.24, 2.45) is 4.99 Å². The van der Waals surface area contributed by atoms with Crippen LogP contribution in [0, 0.1) is 6.92 Å². The fourth-order valence-corrected chi connectivity index (χ4v) is 4.34. The van der Waals surface area contributed by atoms with Crippen LogP contribution >= 0.6 is 34.7 Å². The average molecular weight is 457 g/mol. The Balaban J connectivity index is 1.43. The van der Waals surface area contributed by atoms with Crippen LogP contribution in [0.25, 0.3) is 6.08 Å². The summed E-state index contributed by atoms with van der Waals surface area (Å²) in [5.74, 6) is 0.659. The lowest BCUT2D eigenvalue weighted by Crippen LogP contribution is -2.23. The normalized spacial score (nSPS) is 16.6. The molecular weight excluding hydrogens is 440 g/mol. The number of carbonyl (C=O) groups excluding carboxylic acids is 1. The van der Waals surface area contributed by atoms with Crippen molar-refractivity contribution >= 4 is 57.0 Å². The maximum absolute atomic E-state index is 12.6. The molecule has 152 valence electrons. The van der Waals surface area contributed by atoms with Gasteiger partial charge < -0.3 is 4.74 Å². The predicted molar refractivity (Wildman–Crippen MR) is 122 cm³/mol. The van der Waals surface area contributed by atoms with Crippen LogP contribution < -0.4 is 4.74 Å². The number of likely N-dealkylation sites (N-methyl/N-ethyl adjacent to an activating group) is 1. The summed E-state index contributed by atoms with van der Waals surface area (Å²) in [4.78, 5) is 19.1. The molecule has 4 rings (SSSR count). The zero-order chi connectivity index (χ0) is 21.1. The SMILES string of the molecule is Cc1nnc(/N=C2/S/C(=C\c3ccc(OCc4ccc(Cl)cc4)cc3)C(=O)N2C)s1. The number of amidine groups is 1. The Kier molecular flexibility index (Phi) is 6.17. The predicted octanol–water partition coefficient (Wildman–Crippen LogP) is 5.31. The highest BCUT2D eigenvalue weighted by Gasteiger charge is 2.30. The Hall–Kier alpha value is -2.68. The Bertz CT molecular complexity index is 1120. The molecule has 1 aromatic heterocycles. The largest absolute Gasteiger partial charge is 0.489 e. The van der Waals surface area contributed by atoms with E-state index >= 15 is 0 Å². The molecular formula is C21H17ClN4O2S2. The summed E-state index contributed by atoms with van der Waals surface area (Å²) in [5, 5.41) is 10.6. The van der Waals surface area contributed by atoms with E-state index in [2.05, 4.69) is 15.2 Å². The highest BCUT2D eigenvalue weighted by molar-refractivity contribution is 8.18. The number of aromatic nitrogens is 2. The van der Waals surface area contributed by atoms with Crippen LogP contribution in [0.1, 0.15) is 16.1 Å². The van der Waals surface area contributed by atoms with Gasteiger partial charge in [-0.2, -0.15) is 4.99 Å². The van der Waals surface area contributed by atoms with Crippen LogP contribution in [0.3, 0.4) is 0 Å². The van der Waals surface area contributed by atoms with E-state index in [1.807, 2.05) is 61.5 Å². The molecule has 2 aromatic carbocycles. The number of nitrogens with zero attached hydrogens (tertiary/aromatic N) is 4. The minimum Gasteiger partial charge on any atom is -0.489 e. The van der Waals surface area contributed by atoms with Gasteiger partial charge in [0.15, 0.2) is 5.17 Å². The van der Waals surface area contributed by atoms with Gasteiger partial charge in [0.2, 0.25) is 5.13 Å². The second-order valence-electron chi connectivity index (χ2n) is 6.46. The molecule has 0 radical (unpaired) electrons. The first-order valence-corrected chi connectivity index (χ1v) is 11.0. The van der Waals surface area contributed by atoms with E-state index in [1.165, 1.54) is 28.0 Å². The fourth-order valence-electron chi connectivity index (χ4n) is 2.62. The van der Waals surface area contributed by atoms with E-state index in [0.717, 1.165) is 21.9 Å². The van der Waals surface area contributed by atoms with Gasteiger partial charge in [0.1, 0.15) is 17.4 Å². The monoisotopic (exact) mass is 456 g/mol. The molecule has 6 nitrogen and oxygen atoms in total. The van der Waals surface area contributed by atoms with Gasteiger partial charge in [-0.1, -0.05) is 47.2 Å². The van der Waals surface area contributed by atoms with Gasteiger partial charge in [-0.3, -0.25) is 9.69 Å². The third kappa shape index (κ3) is 4.89. The van der Waals surface area contributed by atoms with Crippen molar-refractivity contribution in [3.8, 4) is 5.75 Å². The molecule has 1 saturated heterocycles. The van der Waals surface area contributed by atoms with Crippen molar-refractivity contribution in [2.45, 2.75) is 13.5 Å². The van der Waals surface area contributed by atoms with Crippen LogP contribution in [0.5, 0.6) is 5.75 Å². The van der Waals surface area contributed by atoms with E-state index in [0.29, 0.717) is 26.8 Å². The average Bonchev–Trinajstić information content (AvgIpc) is 3.27. The van der Waals surface area contributed by atoms with Gasteiger partial charge in [-0.05, 0) is 60.2 Å². The lowest BCUT2D eigenvalue weighted by Gasteiger charge is -2.07. The minimum atomic E-state index is -0.0944. The second-order valence-corrected chi connectivity index (χ2v) is 9.06. The molecule has 0 saturated carbocycles. The Morgan fingerprint density at radius 1 is 1.13 bits per heavy atom. The van der Waals surface area contributed by atoms with Crippen LogP contribution in [-0.2, 0) is 11.4 Å². The third-order valence-corrected chi connectivity index (χ3v) is 6.25. The lowest BCUT2D eigenvalue weighted by atomic mass is 10.2. The quantitative estimate of drug-likeness (QED) is 0.486. The molecule has 0 aliphatic carbocycles. The van der Waals surface area contributed by atoms with Gasteiger partial charge >= 0.3 is 0 Å². The number of halogens is 1. The number of amides is 1. The number of hydrogen-bond acceptors (Lipinski definition) is 7. The molecule has 2 heterocycles. The van der Waals surface area contributed by atoms with Crippen LogP contribution in [0.4, 0.5) is 5.13 Å². The zero-order valence-corrected chi connectivity index (χ0v) is 18.6. The summed E-state index contributed by atoms with van der Waals surface area (Å²) in [6.07, 6.45) is 1.85. The second kappa shape index (κ2) is 8.99. The molecule has 1 aliphatic rings. The maximum atomic E-state index is 12.6. The van der Waals surface area contributed by atoms with Crippen molar-refractivity contribution in [3.05, 3.63) is 74.6 Å². The molecule has 3 aromatic rings. The van der Waals surface area contributed by atoms with Gasteiger partial charge in [0.05, 0.1) is 4.91 Å². The summed E-state index contributed by atoms with van der Waals surface area (Å²) >= 11 is 8.61. The number of ether oxygens (including phenoxy) is 1. The number of aryl methyl sites for hydroxylation is 1. The summed E-state index contributed by atoms with van der Waals surface area (Å²) in [6, 6.07) is 15.2. The summed E-state index contributed by atoms with van der Waals surface area (Å²) in [7, 11) is 1.70. The van der Waals surface area contributed by atoms with E-state index in [-0.39, 0.29) is 5.91 Å². The zero-order valence-electron chi connectivity index (χ0n) is 16.2. The summed E-state index contributed by atoms with van der Waals surface area (Å²) in [6.45, 7) is 2.33. The lowest BCUT2D eigenvalue weighted by molar-refractivity contribution is -0.121. The van der Waals surface area contributed by atoms with Gasteiger partial charge in [0.25, 0.3) is 5.91 Å². The molecule has 0 spiro atoms. The van der Waals surface area contributed by atoms with Crippen molar-refractivity contribution in [3.63, 3.8) is 0 Å². The molecule has 0 bridgehead atoms. The first-order valence-electron chi connectivity index (χ1n) is 9.01. The number of carbonyl (C=O) groups is 1. The van der Waals surface area contributed by atoms with Crippen LogP contribution in [0.15, 0.2) is 58.4 Å². The standard InChI is InChI=1S/C21H17ClN4O2S2/c1-13-24-25-20(29-13)23-21-26(2)19(27)18(30-21)11-14-5-9-17(10-6-14)28-12-15-3-7-16(22)8-4-15/h3-11H,12H2,1-2H3/b18-11-,23-21+. The van der Waals surface area contributed by atoms with E-state index in [1.54, 1.807) is 7.05 Å². The minimum absolute atomic E-state index is 0.0944. The maximum Gasteiger partial charge on any atom is 0.266 e. The first kappa shape index (κ1) is 20.6. The van der Waals surface area contributed by atoms with Crippen molar-refractivity contribution in [1.82, 2.24) is 15.1 Å². The van der Waals surface area contributed by atoms with E-state index in [4.69, 9.17) is 16.3 Å². The number of aliphatic imine (C=N–C) groups is 1. The summed E-state index contributed by atoms with van der Waals surface area (Å²) < 4.78 is 5.81. The first-order chi connectivity index (χ1) is 14.5. The van der Waals surface area contributed by atoms with Crippen LogP contribution in [0.2, 0.25) is 5.02 Å². The third-order valence-electron chi connectivity index (χ3n) is 4.21. The fraction of sp³-hybridized carbons (Fsp3) is 0.143. The molecule has 9 heteroatoms. The van der Waals surface area contributed by atoms with E-state index in [9.17, 15) is 4.79 Å². The topological polar surface area (TPSA) is 67.7 Å².